The standard InChI is InChI=1S/C16H28N2O3/c1-3-16(14(19)20)8-5-9-18(11-16)15(21)17-10-13-7-4-6-12(13)2/h12-13H,3-11H2,1-2H3,(H,17,21)(H,19,20). The van der Waals surface area contributed by atoms with E-state index >= 15 is 0 Å². The lowest BCUT2D eigenvalue weighted by molar-refractivity contribution is -0.152. The number of likely N-dealkylation sites (tertiary alicyclic amines) is 1. The SMILES string of the molecule is CCC1(C(=O)O)CCCN(C(=O)NCC2CCCC2C)C1. The van der Waals surface area contributed by atoms with Gasteiger partial charge in [0.05, 0.1) is 5.41 Å². The van der Waals surface area contributed by atoms with Crippen molar-refractivity contribution in [2.75, 3.05) is 19.6 Å². The molecule has 5 nitrogen and oxygen atoms in total. The van der Waals surface area contributed by atoms with Crippen molar-refractivity contribution in [1.82, 2.24) is 10.2 Å². The summed E-state index contributed by atoms with van der Waals surface area (Å²) in [5.41, 5.74) is -0.754. The first-order chi connectivity index (χ1) is 9.98. The molecule has 1 heterocycles. The van der Waals surface area contributed by atoms with E-state index < -0.39 is 11.4 Å². The number of piperidine rings is 1. The average molecular weight is 296 g/mol. The van der Waals surface area contributed by atoms with Crippen LogP contribution in [0.15, 0.2) is 0 Å². The third kappa shape index (κ3) is 3.50. The molecule has 1 saturated carbocycles. The van der Waals surface area contributed by atoms with Crippen LogP contribution in [0.1, 0.15) is 52.4 Å². The molecular formula is C16H28N2O3. The van der Waals surface area contributed by atoms with E-state index in [1.807, 2.05) is 6.92 Å². The summed E-state index contributed by atoms with van der Waals surface area (Å²) in [6.07, 6.45) is 5.71. The molecule has 1 aliphatic carbocycles. The number of hydrogen-bond donors (Lipinski definition) is 2. The molecule has 0 radical (unpaired) electrons. The first kappa shape index (κ1) is 16.1. The summed E-state index contributed by atoms with van der Waals surface area (Å²) in [7, 11) is 0. The monoisotopic (exact) mass is 296 g/mol. The van der Waals surface area contributed by atoms with Gasteiger partial charge in [0.1, 0.15) is 0 Å². The summed E-state index contributed by atoms with van der Waals surface area (Å²) in [5, 5.41) is 12.5. The van der Waals surface area contributed by atoms with Crippen LogP contribution in [-0.2, 0) is 4.79 Å². The van der Waals surface area contributed by atoms with Gasteiger partial charge >= 0.3 is 12.0 Å². The molecule has 0 aromatic carbocycles. The van der Waals surface area contributed by atoms with Crippen molar-refractivity contribution in [3.8, 4) is 0 Å². The molecule has 5 heteroatoms. The minimum atomic E-state index is -0.771. The van der Waals surface area contributed by atoms with Crippen LogP contribution < -0.4 is 5.32 Å². The second kappa shape index (κ2) is 6.67. The van der Waals surface area contributed by atoms with E-state index in [4.69, 9.17) is 0 Å². The number of nitrogens with one attached hydrogen (secondary N) is 1. The second-order valence-electron chi connectivity index (χ2n) is 6.82. The van der Waals surface area contributed by atoms with Gasteiger partial charge in [0.2, 0.25) is 0 Å². The molecule has 0 aromatic heterocycles. The third-order valence-electron chi connectivity index (χ3n) is 5.55. The van der Waals surface area contributed by atoms with Crippen molar-refractivity contribution in [3.05, 3.63) is 0 Å². The number of carbonyl (C=O) groups excluding carboxylic acids is 1. The molecule has 2 N–H and O–H groups in total. The fraction of sp³-hybridized carbons (Fsp3) is 0.875. The molecule has 2 fully saturated rings. The fourth-order valence-corrected chi connectivity index (χ4v) is 3.78. The molecule has 3 unspecified atom stereocenters. The first-order valence-corrected chi connectivity index (χ1v) is 8.24. The van der Waals surface area contributed by atoms with Gasteiger partial charge in [-0.05, 0) is 37.5 Å². The van der Waals surface area contributed by atoms with Crippen LogP contribution in [0, 0.1) is 17.3 Å². The number of carboxylic acid groups (broad SMARTS) is 1. The van der Waals surface area contributed by atoms with Crippen molar-refractivity contribution in [3.63, 3.8) is 0 Å². The Labute approximate surface area is 127 Å². The molecule has 2 aliphatic rings. The van der Waals surface area contributed by atoms with Crippen molar-refractivity contribution in [2.24, 2.45) is 17.3 Å². The first-order valence-electron chi connectivity index (χ1n) is 8.24. The van der Waals surface area contributed by atoms with Crippen molar-refractivity contribution < 1.29 is 14.7 Å². The Morgan fingerprint density at radius 1 is 1.33 bits per heavy atom. The summed E-state index contributed by atoms with van der Waals surface area (Å²) in [6, 6.07) is -0.0899. The Kier molecular flexibility index (Phi) is 5.12. The van der Waals surface area contributed by atoms with Gasteiger partial charge in [-0.2, -0.15) is 0 Å². The van der Waals surface area contributed by atoms with Gasteiger partial charge in [-0.25, -0.2) is 4.79 Å². The highest BCUT2D eigenvalue weighted by Gasteiger charge is 2.42. The molecule has 3 atom stereocenters. The molecule has 21 heavy (non-hydrogen) atoms. The van der Waals surface area contributed by atoms with Gasteiger partial charge in [-0.1, -0.05) is 26.7 Å². The van der Waals surface area contributed by atoms with E-state index in [9.17, 15) is 14.7 Å². The number of carboxylic acids is 1. The maximum Gasteiger partial charge on any atom is 0.317 e. The zero-order valence-corrected chi connectivity index (χ0v) is 13.2. The Bertz CT molecular complexity index is 399. The molecule has 1 aliphatic heterocycles. The molecule has 120 valence electrons. The van der Waals surface area contributed by atoms with Gasteiger partial charge in [0.25, 0.3) is 0 Å². The Balaban J connectivity index is 1.88. The summed E-state index contributed by atoms with van der Waals surface area (Å²) in [6.45, 7) is 5.88. The van der Waals surface area contributed by atoms with E-state index in [0.717, 1.165) is 13.0 Å². The predicted molar refractivity (Wildman–Crippen MR) is 81.1 cm³/mol. The highest BCUT2D eigenvalue weighted by atomic mass is 16.4. The molecule has 1 saturated heterocycles. The predicted octanol–water partition coefficient (Wildman–Crippen LogP) is 2.71. The molecular weight excluding hydrogens is 268 g/mol. The number of urea groups is 1. The number of amides is 2. The largest absolute Gasteiger partial charge is 0.481 e. The number of aliphatic carboxylic acids is 1. The molecule has 2 amide bonds. The van der Waals surface area contributed by atoms with Crippen molar-refractivity contribution in [1.29, 1.82) is 0 Å². The van der Waals surface area contributed by atoms with Gasteiger partial charge < -0.3 is 15.3 Å². The second-order valence-corrected chi connectivity index (χ2v) is 6.82. The van der Waals surface area contributed by atoms with Crippen LogP contribution in [0.2, 0.25) is 0 Å². The quantitative estimate of drug-likeness (QED) is 0.838. The normalized spacial score (nSPS) is 33.0. The Morgan fingerprint density at radius 2 is 2.10 bits per heavy atom. The number of carbonyl (C=O) groups is 2. The average Bonchev–Trinajstić information content (AvgIpc) is 2.89. The third-order valence-corrected chi connectivity index (χ3v) is 5.55. The smallest absolute Gasteiger partial charge is 0.317 e. The lowest BCUT2D eigenvalue weighted by Gasteiger charge is -2.39. The van der Waals surface area contributed by atoms with Crippen LogP contribution in [0.5, 0.6) is 0 Å². The zero-order valence-electron chi connectivity index (χ0n) is 13.2. The van der Waals surface area contributed by atoms with Crippen molar-refractivity contribution in [2.45, 2.75) is 52.4 Å². The van der Waals surface area contributed by atoms with E-state index in [-0.39, 0.29) is 6.03 Å². The summed E-state index contributed by atoms with van der Waals surface area (Å²) < 4.78 is 0. The van der Waals surface area contributed by atoms with Crippen LogP contribution in [0.4, 0.5) is 4.79 Å². The van der Waals surface area contributed by atoms with Gasteiger partial charge in [0.15, 0.2) is 0 Å². The number of hydrogen-bond acceptors (Lipinski definition) is 2. The van der Waals surface area contributed by atoms with E-state index in [0.29, 0.717) is 37.8 Å². The molecule has 0 spiro atoms. The Hall–Kier alpha value is -1.26. The summed E-state index contributed by atoms with van der Waals surface area (Å²) >= 11 is 0. The summed E-state index contributed by atoms with van der Waals surface area (Å²) in [5.74, 6) is 0.487. The van der Waals surface area contributed by atoms with E-state index in [1.165, 1.54) is 19.3 Å². The fourth-order valence-electron chi connectivity index (χ4n) is 3.78. The Morgan fingerprint density at radius 3 is 2.67 bits per heavy atom. The number of rotatable bonds is 4. The molecule has 2 rings (SSSR count). The van der Waals surface area contributed by atoms with E-state index in [1.54, 1.807) is 4.90 Å². The number of nitrogens with zero attached hydrogens (tertiary/aromatic N) is 1. The van der Waals surface area contributed by atoms with Gasteiger partial charge in [0, 0.05) is 19.6 Å². The topological polar surface area (TPSA) is 69.6 Å². The maximum absolute atomic E-state index is 12.3. The van der Waals surface area contributed by atoms with Crippen LogP contribution in [0.3, 0.4) is 0 Å². The highest BCUT2D eigenvalue weighted by molar-refractivity contribution is 5.78. The van der Waals surface area contributed by atoms with Crippen LogP contribution in [-0.4, -0.2) is 41.6 Å². The maximum atomic E-state index is 12.3. The minimum Gasteiger partial charge on any atom is -0.481 e. The minimum absolute atomic E-state index is 0.0899. The zero-order chi connectivity index (χ0) is 15.5. The van der Waals surface area contributed by atoms with Gasteiger partial charge in [-0.3, -0.25) is 4.79 Å². The van der Waals surface area contributed by atoms with Crippen LogP contribution >= 0.6 is 0 Å². The lowest BCUT2D eigenvalue weighted by Crippen LogP contribution is -2.53. The van der Waals surface area contributed by atoms with Crippen LogP contribution in [0.25, 0.3) is 0 Å². The molecule has 0 bridgehead atoms. The van der Waals surface area contributed by atoms with Crippen molar-refractivity contribution >= 4 is 12.0 Å². The summed E-state index contributed by atoms with van der Waals surface area (Å²) in [4.78, 5) is 25.5. The van der Waals surface area contributed by atoms with E-state index in [2.05, 4.69) is 12.2 Å². The lowest BCUT2D eigenvalue weighted by atomic mass is 9.78. The van der Waals surface area contributed by atoms with Gasteiger partial charge in [-0.15, -0.1) is 0 Å². The molecule has 0 aromatic rings. The highest BCUT2D eigenvalue weighted by Crippen LogP contribution is 2.34.